The van der Waals surface area contributed by atoms with Crippen molar-refractivity contribution in [3.63, 3.8) is 0 Å². The van der Waals surface area contributed by atoms with Crippen LogP contribution in [0, 0.1) is 0 Å². The van der Waals surface area contributed by atoms with Gasteiger partial charge in [0.05, 0.1) is 22.8 Å². The van der Waals surface area contributed by atoms with Gasteiger partial charge < -0.3 is 14.8 Å². The van der Waals surface area contributed by atoms with Crippen LogP contribution in [-0.4, -0.2) is 31.0 Å². The number of hydrogen-bond acceptors (Lipinski definition) is 4. The molecule has 2 rings (SSSR count). The van der Waals surface area contributed by atoms with Crippen molar-refractivity contribution >= 4 is 28.2 Å². The Morgan fingerprint density at radius 2 is 1.95 bits per heavy atom. The summed E-state index contributed by atoms with van der Waals surface area (Å²) in [5.74, 6) is 0. The van der Waals surface area contributed by atoms with Crippen LogP contribution in [0.3, 0.4) is 0 Å². The van der Waals surface area contributed by atoms with Gasteiger partial charge >= 0.3 is 0 Å². The highest BCUT2D eigenvalue weighted by Gasteiger charge is 2.10. The molecular weight excluding hydrogens is 276 g/mol. The van der Waals surface area contributed by atoms with Gasteiger partial charge in [-0.05, 0) is 38.1 Å². The third-order valence-corrected chi connectivity index (χ3v) is 3.21. The lowest BCUT2D eigenvalue weighted by Crippen LogP contribution is -2.26. The highest BCUT2D eigenvalue weighted by Crippen LogP contribution is 2.27. The molecule has 0 saturated carbocycles. The molecule has 20 heavy (non-hydrogen) atoms. The number of nitrogens with zero attached hydrogens (tertiary/aromatic N) is 1. The summed E-state index contributed by atoms with van der Waals surface area (Å²) in [5.41, 5.74) is 1.78. The summed E-state index contributed by atoms with van der Waals surface area (Å²) < 4.78 is 11.0. The van der Waals surface area contributed by atoms with Crippen LogP contribution in [0.2, 0.25) is 5.02 Å². The quantitative estimate of drug-likeness (QED) is 0.791. The van der Waals surface area contributed by atoms with E-state index < -0.39 is 0 Å². The first kappa shape index (κ1) is 15.0. The number of ether oxygens (including phenoxy) is 2. The Balaban J connectivity index is 2.15. The lowest BCUT2D eigenvalue weighted by Gasteiger charge is -2.18. The molecule has 0 bridgehead atoms. The van der Waals surface area contributed by atoms with E-state index in [0.29, 0.717) is 24.8 Å². The third-order valence-electron chi connectivity index (χ3n) is 2.88. The molecule has 0 amide bonds. The molecule has 0 aliphatic rings. The molecule has 0 fully saturated rings. The van der Waals surface area contributed by atoms with E-state index in [1.807, 2.05) is 38.1 Å². The lowest BCUT2D eigenvalue weighted by molar-refractivity contribution is -0.126. The zero-order chi connectivity index (χ0) is 14.4. The molecule has 5 heteroatoms. The summed E-state index contributed by atoms with van der Waals surface area (Å²) >= 11 is 6.17. The predicted molar refractivity (Wildman–Crippen MR) is 82.3 cm³/mol. The van der Waals surface area contributed by atoms with Gasteiger partial charge in [0.25, 0.3) is 0 Å². The fourth-order valence-electron chi connectivity index (χ4n) is 2.01. The molecule has 0 aliphatic carbocycles. The summed E-state index contributed by atoms with van der Waals surface area (Å²) in [7, 11) is 0. The number of pyridine rings is 1. The number of anilines is 1. The maximum absolute atomic E-state index is 6.17. The molecular formula is C15H19ClN2O2. The highest BCUT2D eigenvalue weighted by atomic mass is 35.5. The Morgan fingerprint density at radius 3 is 2.65 bits per heavy atom. The highest BCUT2D eigenvalue weighted by molar-refractivity contribution is 6.35. The number of hydrogen-bond donors (Lipinski definition) is 1. The van der Waals surface area contributed by atoms with Gasteiger partial charge in [-0.2, -0.15) is 0 Å². The smallest absolute Gasteiger partial charge is 0.174 e. The topological polar surface area (TPSA) is 43.4 Å². The molecule has 1 heterocycles. The summed E-state index contributed by atoms with van der Waals surface area (Å²) in [4.78, 5) is 4.38. The first-order chi connectivity index (χ1) is 9.76. The normalized spacial score (nSPS) is 11.2. The minimum Gasteiger partial charge on any atom is -0.378 e. The Bertz CT molecular complexity index is 557. The van der Waals surface area contributed by atoms with Crippen molar-refractivity contribution in [1.82, 2.24) is 4.98 Å². The predicted octanol–water partition coefficient (Wildman–Crippen LogP) is 3.70. The van der Waals surface area contributed by atoms with Crippen LogP contribution in [0.15, 0.2) is 30.5 Å². The van der Waals surface area contributed by atoms with E-state index in [2.05, 4.69) is 10.3 Å². The van der Waals surface area contributed by atoms with Gasteiger partial charge in [-0.1, -0.05) is 11.6 Å². The van der Waals surface area contributed by atoms with Crippen molar-refractivity contribution < 1.29 is 9.47 Å². The van der Waals surface area contributed by atoms with E-state index >= 15 is 0 Å². The number of aromatic nitrogens is 1. The molecule has 0 atom stereocenters. The van der Waals surface area contributed by atoms with E-state index in [1.165, 1.54) is 0 Å². The first-order valence-corrected chi connectivity index (χ1v) is 7.14. The number of fused-ring (bicyclic) bond motifs is 1. The van der Waals surface area contributed by atoms with Crippen molar-refractivity contribution in [3.8, 4) is 0 Å². The lowest BCUT2D eigenvalue weighted by atomic mass is 10.2. The molecule has 1 aromatic carbocycles. The van der Waals surface area contributed by atoms with Gasteiger partial charge in [-0.15, -0.1) is 0 Å². The van der Waals surface area contributed by atoms with Crippen LogP contribution in [-0.2, 0) is 9.47 Å². The summed E-state index contributed by atoms with van der Waals surface area (Å²) in [6.45, 7) is 5.70. The van der Waals surface area contributed by atoms with Crippen LogP contribution in [0.1, 0.15) is 13.8 Å². The van der Waals surface area contributed by atoms with Crippen LogP contribution in [0.25, 0.3) is 10.9 Å². The van der Waals surface area contributed by atoms with Gasteiger partial charge in [-0.3, -0.25) is 4.98 Å². The van der Waals surface area contributed by atoms with Crippen LogP contribution in [0.4, 0.5) is 5.69 Å². The van der Waals surface area contributed by atoms with Crippen LogP contribution >= 0.6 is 11.6 Å². The molecule has 0 aliphatic heterocycles. The van der Waals surface area contributed by atoms with Gasteiger partial charge in [0.1, 0.15) is 0 Å². The van der Waals surface area contributed by atoms with Gasteiger partial charge in [0, 0.05) is 24.8 Å². The largest absolute Gasteiger partial charge is 0.378 e. The minimum absolute atomic E-state index is 0.264. The van der Waals surface area contributed by atoms with Crippen LogP contribution < -0.4 is 5.32 Å². The number of halogens is 1. The van der Waals surface area contributed by atoms with Crippen molar-refractivity contribution in [3.05, 3.63) is 35.5 Å². The Kier molecular flexibility index (Phi) is 5.59. The maximum atomic E-state index is 6.17. The summed E-state index contributed by atoms with van der Waals surface area (Å²) in [5, 5.41) is 4.95. The summed E-state index contributed by atoms with van der Waals surface area (Å²) in [6.07, 6.45) is 1.49. The zero-order valence-electron chi connectivity index (χ0n) is 11.7. The first-order valence-electron chi connectivity index (χ1n) is 6.76. The zero-order valence-corrected chi connectivity index (χ0v) is 12.5. The third kappa shape index (κ3) is 3.60. The van der Waals surface area contributed by atoms with E-state index in [9.17, 15) is 0 Å². The summed E-state index contributed by atoms with van der Waals surface area (Å²) in [6, 6.07) is 7.62. The second-order valence-corrected chi connectivity index (χ2v) is 4.62. The second-order valence-electron chi connectivity index (χ2n) is 4.22. The van der Waals surface area contributed by atoms with Gasteiger partial charge in [-0.25, -0.2) is 0 Å². The van der Waals surface area contributed by atoms with Crippen molar-refractivity contribution in [2.45, 2.75) is 20.1 Å². The standard InChI is InChI=1S/C15H19ClN2O2/c1-3-19-14(20-4-2)10-18-13-8-7-12(16)11-6-5-9-17-15(11)13/h5-9,14,18H,3-4,10H2,1-2H3. The molecule has 108 valence electrons. The maximum Gasteiger partial charge on any atom is 0.174 e. The Morgan fingerprint density at radius 1 is 1.20 bits per heavy atom. The van der Waals surface area contributed by atoms with Crippen molar-refractivity contribution in [2.24, 2.45) is 0 Å². The average Bonchev–Trinajstić information content (AvgIpc) is 2.47. The molecule has 0 saturated heterocycles. The molecule has 0 unspecified atom stereocenters. The SMILES string of the molecule is CCOC(CNc1ccc(Cl)c2cccnc12)OCC. The van der Waals surface area contributed by atoms with E-state index in [1.54, 1.807) is 6.20 Å². The molecule has 2 aromatic rings. The molecule has 4 nitrogen and oxygen atoms in total. The van der Waals surface area contributed by atoms with E-state index in [-0.39, 0.29) is 6.29 Å². The van der Waals surface area contributed by atoms with Gasteiger partial charge in [0.15, 0.2) is 6.29 Å². The second kappa shape index (κ2) is 7.43. The van der Waals surface area contributed by atoms with E-state index in [4.69, 9.17) is 21.1 Å². The number of benzene rings is 1. The van der Waals surface area contributed by atoms with Crippen molar-refractivity contribution in [2.75, 3.05) is 25.1 Å². The fourth-order valence-corrected chi connectivity index (χ4v) is 2.23. The number of nitrogens with one attached hydrogen (secondary N) is 1. The van der Waals surface area contributed by atoms with Crippen molar-refractivity contribution in [1.29, 1.82) is 0 Å². The van der Waals surface area contributed by atoms with E-state index in [0.717, 1.165) is 16.6 Å². The van der Waals surface area contributed by atoms with Crippen LogP contribution in [0.5, 0.6) is 0 Å². The Hall–Kier alpha value is -1.36. The minimum atomic E-state index is -0.264. The monoisotopic (exact) mass is 294 g/mol. The van der Waals surface area contributed by atoms with Gasteiger partial charge in [0.2, 0.25) is 0 Å². The molecule has 1 N–H and O–H groups in total. The number of rotatable bonds is 7. The molecule has 1 aromatic heterocycles. The average molecular weight is 295 g/mol. The molecule has 0 radical (unpaired) electrons. The molecule has 0 spiro atoms. The fraction of sp³-hybridized carbons (Fsp3) is 0.400. The Labute approximate surface area is 124 Å².